The van der Waals surface area contributed by atoms with Gasteiger partial charge in [-0.05, 0) is 19.8 Å². The molecule has 3 heteroatoms. The van der Waals surface area contributed by atoms with Gasteiger partial charge in [-0.1, -0.05) is 20.3 Å². The van der Waals surface area contributed by atoms with Gasteiger partial charge in [0.15, 0.2) is 0 Å². The van der Waals surface area contributed by atoms with Crippen LogP contribution in [0.1, 0.15) is 43.5 Å². The van der Waals surface area contributed by atoms with Gasteiger partial charge in [0.2, 0.25) is 0 Å². The molecule has 13 heavy (non-hydrogen) atoms. The van der Waals surface area contributed by atoms with Crippen molar-refractivity contribution in [3.05, 3.63) is 17.2 Å². The van der Waals surface area contributed by atoms with Crippen LogP contribution in [0.4, 0.5) is 0 Å². The molecule has 0 saturated heterocycles. The molecular formula is C10H19N3. The lowest BCUT2D eigenvalue weighted by Gasteiger charge is -2.15. The van der Waals surface area contributed by atoms with E-state index in [1.54, 1.807) is 0 Å². The predicted octanol–water partition coefficient (Wildman–Crippen LogP) is 2.07. The number of imidazole rings is 1. The number of hydrogen-bond acceptors (Lipinski definition) is 2. The molecule has 1 aromatic heterocycles. The summed E-state index contributed by atoms with van der Waals surface area (Å²) in [5.74, 6) is 1.40. The van der Waals surface area contributed by atoms with E-state index in [4.69, 9.17) is 5.73 Å². The van der Waals surface area contributed by atoms with Crippen LogP contribution in [0.5, 0.6) is 0 Å². The van der Waals surface area contributed by atoms with Gasteiger partial charge in [0.1, 0.15) is 5.82 Å². The maximum absolute atomic E-state index is 6.04. The molecular weight excluding hydrogens is 162 g/mol. The summed E-state index contributed by atoms with van der Waals surface area (Å²) in [6.07, 6.45) is 1.08. The van der Waals surface area contributed by atoms with Crippen molar-refractivity contribution in [1.29, 1.82) is 0 Å². The monoisotopic (exact) mass is 181 g/mol. The summed E-state index contributed by atoms with van der Waals surface area (Å²) in [7, 11) is 0. The largest absolute Gasteiger partial charge is 0.345 e. The zero-order chi connectivity index (χ0) is 10.0. The Morgan fingerprint density at radius 2 is 2.08 bits per heavy atom. The Labute approximate surface area is 79.8 Å². The number of aromatic nitrogens is 2. The van der Waals surface area contributed by atoms with Crippen molar-refractivity contribution < 1.29 is 0 Å². The van der Waals surface area contributed by atoms with E-state index < -0.39 is 0 Å². The molecule has 1 heterocycles. The molecule has 1 rings (SSSR count). The van der Waals surface area contributed by atoms with E-state index in [-0.39, 0.29) is 6.04 Å². The summed E-state index contributed by atoms with van der Waals surface area (Å²) >= 11 is 0. The number of rotatable bonds is 3. The van der Waals surface area contributed by atoms with Crippen LogP contribution in [0, 0.1) is 19.8 Å². The number of nitrogens with zero attached hydrogens (tertiary/aromatic N) is 1. The number of aryl methyl sites for hydroxylation is 2. The van der Waals surface area contributed by atoms with Gasteiger partial charge in [0.05, 0.1) is 11.7 Å². The van der Waals surface area contributed by atoms with Crippen LogP contribution in [-0.2, 0) is 0 Å². The van der Waals surface area contributed by atoms with Gasteiger partial charge in [0.25, 0.3) is 0 Å². The van der Waals surface area contributed by atoms with Gasteiger partial charge in [0, 0.05) is 5.69 Å². The molecule has 0 aliphatic carbocycles. The van der Waals surface area contributed by atoms with Crippen molar-refractivity contribution >= 4 is 0 Å². The Morgan fingerprint density at radius 1 is 1.46 bits per heavy atom. The summed E-state index contributed by atoms with van der Waals surface area (Å²) in [5, 5.41) is 0. The summed E-state index contributed by atoms with van der Waals surface area (Å²) in [6.45, 7) is 8.32. The molecule has 3 nitrogen and oxygen atoms in total. The normalized spacial score (nSPS) is 15.8. The molecule has 2 unspecified atom stereocenters. The highest BCUT2D eigenvalue weighted by atomic mass is 15.0. The molecule has 0 amide bonds. The second kappa shape index (κ2) is 3.92. The van der Waals surface area contributed by atoms with E-state index in [0.717, 1.165) is 23.6 Å². The molecule has 0 aliphatic rings. The number of hydrogen-bond donors (Lipinski definition) is 2. The Balaban J connectivity index is 2.82. The van der Waals surface area contributed by atoms with Gasteiger partial charge >= 0.3 is 0 Å². The van der Waals surface area contributed by atoms with Crippen molar-refractivity contribution in [1.82, 2.24) is 9.97 Å². The lowest BCUT2D eigenvalue weighted by atomic mass is 10.00. The lowest BCUT2D eigenvalue weighted by molar-refractivity contribution is 0.441. The summed E-state index contributed by atoms with van der Waals surface area (Å²) in [5.41, 5.74) is 8.21. The quantitative estimate of drug-likeness (QED) is 0.750. The second-order valence-corrected chi connectivity index (χ2v) is 3.74. The smallest absolute Gasteiger partial charge is 0.123 e. The summed E-state index contributed by atoms with van der Waals surface area (Å²) in [6, 6.07) is 0.0393. The van der Waals surface area contributed by atoms with Crippen molar-refractivity contribution in [2.75, 3.05) is 0 Å². The minimum Gasteiger partial charge on any atom is -0.345 e. The van der Waals surface area contributed by atoms with Crippen LogP contribution in [0.2, 0.25) is 0 Å². The molecule has 0 saturated carbocycles. The fourth-order valence-electron chi connectivity index (χ4n) is 1.26. The van der Waals surface area contributed by atoms with E-state index in [2.05, 4.69) is 23.8 Å². The molecule has 0 spiro atoms. The Bertz CT molecular complexity index is 258. The Kier molecular flexibility index (Phi) is 3.09. The first-order chi connectivity index (χ1) is 6.06. The maximum Gasteiger partial charge on any atom is 0.123 e. The average Bonchev–Trinajstić information content (AvgIpc) is 2.44. The third kappa shape index (κ3) is 2.10. The van der Waals surface area contributed by atoms with Gasteiger partial charge in [-0.15, -0.1) is 0 Å². The first-order valence-electron chi connectivity index (χ1n) is 4.85. The fourth-order valence-corrected chi connectivity index (χ4v) is 1.26. The van der Waals surface area contributed by atoms with Gasteiger partial charge in [-0.3, -0.25) is 0 Å². The zero-order valence-corrected chi connectivity index (χ0v) is 8.89. The number of H-pyrrole nitrogens is 1. The van der Waals surface area contributed by atoms with Crippen LogP contribution in [0.3, 0.4) is 0 Å². The number of nitrogens with one attached hydrogen (secondary N) is 1. The van der Waals surface area contributed by atoms with Gasteiger partial charge in [-0.25, -0.2) is 4.98 Å². The fraction of sp³-hybridized carbons (Fsp3) is 0.700. The summed E-state index contributed by atoms with van der Waals surface area (Å²) in [4.78, 5) is 7.62. The number of nitrogens with two attached hydrogens (primary N) is 1. The first kappa shape index (κ1) is 10.3. The van der Waals surface area contributed by atoms with Crippen LogP contribution in [-0.4, -0.2) is 9.97 Å². The topological polar surface area (TPSA) is 54.7 Å². The highest BCUT2D eigenvalue weighted by Gasteiger charge is 2.16. The summed E-state index contributed by atoms with van der Waals surface area (Å²) < 4.78 is 0. The molecule has 0 fully saturated rings. The molecule has 74 valence electrons. The van der Waals surface area contributed by atoms with E-state index in [1.165, 1.54) is 0 Å². The van der Waals surface area contributed by atoms with Crippen LogP contribution in [0.15, 0.2) is 0 Å². The third-order valence-electron chi connectivity index (χ3n) is 2.72. The molecule has 0 aliphatic heterocycles. The van der Waals surface area contributed by atoms with E-state index >= 15 is 0 Å². The SMILES string of the molecule is CCC(C)C(N)c1nc(C)c(C)[nH]1. The van der Waals surface area contributed by atoms with Crippen LogP contribution >= 0.6 is 0 Å². The Hall–Kier alpha value is -0.830. The van der Waals surface area contributed by atoms with Crippen LogP contribution < -0.4 is 5.73 Å². The molecule has 2 atom stereocenters. The molecule has 0 radical (unpaired) electrons. The molecule has 1 aromatic rings. The van der Waals surface area contributed by atoms with Crippen molar-refractivity contribution in [3.8, 4) is 0 Å². The van der Waals surface area contributed by atoms with Gasteiger partial charge in [-0.2, -0.15) is 0 Å². The Morgan fingerprint density at radius 3 is 2.46 bits per heavy atom. The molecule has 0 bridgehead atoms. The maximum atomic E-state index is 6.04. The average molecular weight is 181 g/mol. The van der Waals surface area contributed by atoms with Crippen molar-refractivity contribution in [3.63, 3.8) is 0 Å². The third-order valence-corrected chi connectivity index (χ3v) is 2.72. The highest BCUT2D eigenvalue weighted by Crippen LogP contribution is 2.19. The lowest BCUT2D eigenvalue weighted by Crippen LogP contribution is -2.19. The number of aromatic amines is 1. The van der Waals surface area contributed by atoms with E-state index in [1.807, 2.05) is 13.8 Å². The molecule has 3 N–H and O–H groups in total. The van der Waals surface area contributed by atoms with Crippen LogP contribution in [0.25, 0.3) is 0 Å². The second-order valence-electron chi connectivity index (χ2n) is 3.74. The predicted molar refractivity (Wildman–Crippen MR) is 54.4 cm³/mol. The van der Waals surface area contributed by atoms with Crippen molar-refractivity contribution in [2.45, 2.75) is 40.2 Å². The van der Waals surface area contributed by atoms with Crippen molar-refractivity contribution in [2.24, 2.45) is 11.7 Å². The minimum absolute atomic E-state index is 0.0393. The van der Waals surface area contributed by atoms with E-state index in [9.17, 15) is 0 Å². The highest BCUT2D eigenvalue weighted by molar-refractivity contribution is 5.13. The first-order valence-corrected chi connectivity index (χ1v) is 4.85. The standard InChI is InChI=1S/C10H19N3/c1-5-6(2)9(11)10-12-7(3)8(4)13-10/h6,9H,5,11H2,1-4H3,(H,12,13). The molecule has 0 aromatic carbocycles. The zero-order valence-electron chi connectivity index (χ0n) is 8.89. The van der Waals surface area contributed by atoms with Gasteiger partial charge < -0.3 is 10.7 Å². The van der Waals surface area contributed by atoms with E-state index in [0.29, 0.717) is 5.92 Å². The minimum atomic E-state index is 0.0393.